The Morgan fingerprint density at radius 3 is 2.30 bits per heavy atom. The molecule has 0 saturated carbocycles. The molecule has 1 atom stereocenters. The Bertz CT molecular complexity index is 588. The molecule has 0 aliphatic carbocycles. The van der Waals surface area contributed by atoms with Gasteiger partial charge in [-0.15, -0.1) is 0 Å². The summed E-state index contributed by atoms with van der Waals surface area (Å²) in [6.07, 6.45) is -0.192. The first-order valence-corrected chi connectivity index (χ1v) is 6.64. The summed E-state index contributed by atoms with van der Waals surface area (Å²) in [5.74, 6) is -1.74. The van der Waals surface area contributed by atoms with E-state index in [1.165, 1.54) is 12.1 Å². The standard InChI is InChI=1S/C17H18F2O/c1-11-6-12(2)8-13(7-11)9-15(20)10-14-4-3-5-16(18)17(14)19/h3-8,15,20H,9-10H2,1-2H3. The van der Waals surface area contributed by atoms with E-state index < -0.39 is 17.7 Å². The Morgan fingerprint density at radius 2 is 1.65 bits per heavy atom. The number of hydrogen-bond donors (Lipinski definition) is 1. The van der Waals surface area contributed by atoms with Gasteiger partial charge in [0.15, 0.2) is 11.6 Å². The summed E-state index contributed by atoms with van der Waals surface area (Å²) in [5.41, 5.74) is 3.47. The molecular formula is C17H18F2O. The molecule has 2 aromatic carbocycles. The number of aliphatic hydroxyl groups excluding tert-OH is 1. The fourth-order valence-electron chi connectivity index (χ4n) is 2.49. The molecule has 2 aromatic rings. The van der Waals surface area contributed by atoms with Crippen molar-refractivity contribution in [2.75, 3.05) is 0 Å². The predicted octanol–water partition coefficient (Wildman–Crippen LogP) is 3.73. The number of aryl methyl sites for hydroxylation is 2. The third kappa shape index (κ3) is 3.64. The van der Waals surface area contributed by atoms with Gasteiger partial charge in [-0.2, -0.15) is 0 Å². The largest absolute Gasteiger partial charge is 0.392 e. The maximum absolute atomic E-state index is 13.5. The predicted molar refractivity (Wildman–Crippen MR) is 75.7 cm³/mol. The van der Waals surface area contributed by atoms with Crippen LogP contribution >= 0.6 is 0 Å². The molecule has 0 bridgehead atoms. The highest BCUT2D eigenvalue weighted by atomic mass is 19.2. The zero-order valence-electron chi connectivity index (χ0n) is 11.7. The molecule has 3 heteroatoms. The quantitative estimate of drug-likeness (QED) is 0.902. The fraction of sp³-hybridized carbons (Fsp3) is 0.294. The van der Waals surface area contributed by atoms with E-state index in [1.54, 1.807) is 0 Å². The monoisotopic (exact) mass is 276 g/mol. The molecule has 0 aliphatic rings. The molecule has 1 nitrogen and oxygen atoms in total. The second kappa shape index (κ2) is 6.14. The molecule has 0 aliphatic heterocycles. The van der Waals surface area contributed by atoms with Crippen LogP contribution in [-0.4, -0.2) is 11.2 Å². The zero-order chi connectivity index (χ0) is 14.7. The summed E-state index contributed by atoms with van der Waals surface area (Å²) in [6.45, 7) is 3.99. The molecule has 0 heterocycles. The topological polar surface area (TPSA) is 20.2 Å². The number of rotatable bonds is 4. The SMILES string of the molecule is Cc1cc(C)cc(CC(O)Cc2cccc(F)c2F)c1. The van der Waals surface area contributed by atoms with Crippen LogP contribution in [0.4, 0.5) is 8.78 Å². The Balaban J connectivity index is 2.09. The molecule has 0 spiro atoms. The molecule has 0 fully saturated rings. The summed E-state index contributed by atoms with van der Waals surface area (Å²) in [5, 5.41) is 10.1. The van der Waals surface area contributed by atoms with Gasteiger partial charge in [0.05, 0.1) is 6.10 Å². The van der Waals surface area contributed by atoms with E-state index in [0.29, 0.717) is 6.42 Å². The van der Waals surface area contributed by atoms with Crippen molar-refractivity contribution in [3.63, 3.8) is 0 Å². The zero-order valence-corrected chi connectivity index (χ0v) is 11.7. The lowest BCUT2D eigenvalue weighted by Crippen LogP contribution is -2.15. The summed E-state index contributed by atoms with van der Waals surface area (Å²) in [6, 6.07) is 10.1. The lowest BCUT2D eigenvalue weighted by molar-refractivity contribution is 0.174. The molecular weight excluding hydrogens is 258 g/mol. The van der Waals surface area contributed by atoms with Crippen molar-refractivity contribution in [1.29, 1.82) is 0 Å². The summed E-state index contributed by atoms with van der Waals surface area (Å²) < 4.78 is 26.6. The van der Waals surface area contributed by atoms with Gasteiger partial charge in [0, 0.05) is 6.42 Å². The van der Waals surface area contributed by atoms with Gasteiger partial charge in [-0.25, -0.2) is 8.78 Å². The Hall–Kier alpha value is -1.74. The van der Waals surface area contributed by atoms with Gasteiger partial charge in [0.2, 0.25) is 0 Å². The first-order valence-electron chi connectivity index (χ1n) is 6.64. The van der Waals surface area contributed by atoms with Crippen molar-refractivity contribution < 1.29 is 13.9 Å². The van der Waals surface area contributed by atoms with Gasteiger partial charge in [-0.1, -0.05) is 41.5 Å². The van der Waals surface area contributed by atoms with E-state index in [2.05, 4.69) is 6.07 Å². The number of halogens is 2. The Morgan fingerprint density at radius 1 is 1.00 bits per heavy atom. The second-order valence-electron chi connectivity index (χ2n) is 5.27. The van der Waals surface area contributed by atoms with Gasteiger partial charge < -0.3 is 5.11 Å². The second-order valence-corrected chi connectivity index (χ2v) is 5.27. The van der Waals surface area contributed by atoms with E-state index in [0.717, 1.165) is 22.8 Å². The van der Waals surface area contributed by atoms with Crippen LogP contribution < -0.4 is 0 Å². The molecule has 20 heavy (non-hydrogen) atoms. The van der Waals surface area contributed by atoms with E-state index in [1.807, 2.05) is 26.0 Å². The van der Waals surface area contributed by atoms with E-state index in [-0.39, 0.29) is 12.0 Å². The van der Waals surface area contributed by atoms with Crippen LogP contribution in [0.1, 0.15) is 22.3 Å². The molecule has 106 valence electrons. The van der Waals surface area contributed by atoms with Crippen molar-refractivity contribution in [2.24, 2.45) is 0 Å². The molecule has 0 radical (unpaired) electrons. The van der Waals surface area contributed by atoms with Crippen molar-refractivity contribution in [3.8, 4) is 0 Å². The van der Waals surface area contributed by atoms with Crippen LogP contribution in [0.25, 0.3) is 0 Å². The molecule has 1 N–H and O–H groups in total. The average molecular weight is 276 g/mol. The van der Waals surface area contributed by atoms with E-state index >= 15 is 0 Å². The third-order valence-corrected chi connectivity index (χ3v) is 3.24. The minimum Gasteiger partial charge on any atom is -0.392 e. The molecule has 0 saturated heterocycles. The summed E-state index contributed by atoms with van der Waals surface area (Å²) >= 11 is 0. The van der Waals surface area contributed by atoms with Gasteiger partial charge in [-0.05, 0) is 37.5 Å². The van der Waals surface area contributed by atoms with Crippen LogP contribution in [0, 0.1) is 25.5 Å². The lowest BCUT2D eigenvalue weighted by Gasteiger charge is -2.13. The Kier molecular flexibility index (Phi) is 4.50. The van der Waals surface area contributed by atoms with Crippen LogP contribution in [0.3, 0.4) is 0 Å². The van der Waals surface area contributed by atoms with Gasteiger partial charge in [0.1, 0.15) is 0 Å². The molecule has 0 aromatic heterocycles. The van der Waals surface area contributed by atoms with Crippen LogP contribution in [0.2, 0.25) is 0 Å². The van der Waals surface area contributed by atoms with Gasteiger partial charge in [-0.3, -0.25) is 0 Å². The summed E-state index contributed by atoms with van der Waals surface area (Å²) in [4.78, 5) is 0. The first kappa shape index (κ1) is 14.7. The van der Waals surface area contributed by atoms with Crippen molar-refractivity contribution in [1.82, 2.24) is 0 Å². The van der Waals surface area contributed by atoms with Crippen LogP contribution in [0.15, 0.2) is 36.4 Å². The minimum atomic E-state index is -0.874. The highest BCUT2D eigenvalue weighted by Gasteiger charge is 2.13. The molecule has 2 rings (SSSR count). The van der Waals surface area contributed by atoms with Gasteiger partial charge >= 0.3 is 0 Å². The lowest BCUT2D eigenvalue weighted by atomic mass is 9.98. The fourth-order valence-corrected chi connectivity index (χ4v) is 2.49. The highest BCUT2D eigenvalue weighted by Crippen LogP contribution is 2.16. The van der Waals surface area contributed by atoms with E-state index in [4.69, 9.17) is 0 Å². The number of hydrogen-bond acceptors (Lipinski definition) is 1. The maximum Gasteiger partial charge on any atom is 0.162 e. The number of benzene rings is 2. The van der Waals surface area contributed by atoms with Crippen molar-refractivity contribution in [2.45, 2.75) is 32.8 Å². The van der Waals surface area contributed by atoms with Gasteiger partial charge in [0.25, 0.3) is 0 Å². The summed E-state index contributed by atoms with van der Waals surface area (Å²) in [7, 11) is 0. The number of aliphatic hydroxyl groups is 1. The molecule has 1 unspecified atom stereocenters. The van der Waals surface area contributed by atoms with Crippen molar-refractivity contribution in [3.05, 3.63) is 70.3 Å². The van der Waals surface area contributed by atoms with Crippen LogP contribution in [0.5, 0.6) is 0 Å². The average Bonchev–Trinajstić information content (AvgIpc) is 2.33. The first-order chi connectivity index (χ1) is 9.45. The molecule has 0 amide bonds. The Labute approximate surface area is 117 Å². The maximum atomic E-state index is 13.5. The smallest absolute Gasteiger partial charge is 0.162 e. The van der Waals surface area contributed by atoms with E-state index in [9.17, 15) is 13.9 Å². The minimum absolute atomic E-state index is 0.108. The normalized spacial score (nSPS) is 12.4. The van der Waals surface area contributed by atoms with Crippen LogP contribution in [-0.2, 0) is 12.8 Å². The third-order valence-electron chi connectivity index (χ3n) is 3.24. The highest BCUT2D eigenvalue weighted by molar-refractivity contribution is 5.29. The van der Waals surface area contributed by atoms with Crippen molar-refractivity contribution >= 4 is 0 Å².